The van der Waals surface area contributed by atoms with Gasteiger partial charge in [0.1, 0.15) is 0 Å². The van der Waals surface area contributed by atoms with Crippen LogP contribution in [0.2, 0.25) is 0 Å². The Kier molecular flexibility index (Phi) is 4.92. The molecule has 1 fully saturated rings. The zero-order valence-electron chi connectivity index (χ0n) is 12.6. The van der Waals surface area contributed by atoms with E-state index in [2.05, 4.69) is 59.1 Å². The number of nitrogens with one attached hydrogen (secondary N) is 1. The molecule has 2 unspecified atom stereocenters. The SMILES string of the molecule is Cl.N#CC1(Br)C(Br)=CC2=C3C1=NC(N1CCNCC1)N3CCC2. The number of alkyl halides is 1. The third-order valence-electron chi connectivity index (χ3n) is 4.77. The fourth-order valence-electron chi connectivity index (χ4n) is 3.68. The van der Waals surface area contributed by atoms with Gasteiger partial charge in [0.25, 0.3) is 0 Å². The van der Waals surface area contributed by atoms with Crippen LogP contribution in [0.1, 0.15) is 12.8 Å². The molecular weight excluding hydrogens is 445 g/mol. The van der Waals surface area contributed by atoms with Crippen LogP contribution in [0, 0.1) is 11.3 Å². The number of hydrogen-bond donors (Lipinski definition) is 1. The van der Waals surface area contributed by atoms with Crippen molar-refractivity contribution in [2.24, 2.45) is 4.99 Å². The highest BCUT2D eigenvalue weighted by Crippen LogP contribution is 2.47. The van der Waals surface area contributed by atoms with Crippen LogP contribution < -0.4 is 5.32 Å². The molecule has 1 N–H and O–H groups in total. The van der Waals surface area contributed by atoms with Gasteiger partial charge >= 0.3 is 0 Å². The first kappa shape index (κ1) is 17.4. The molecule has 4 aliphatic rings. The number of aliphatic imine (C=N–C) groups is 1. The van der Waals surface area contributed by atoms with Gasteiger partial charge in [-0.2, -0.15) is 5.26 Å². The summed E-state index contributed by atoms with van der Waals surface area (Å²) >= 11 is 7.21. The standard InChI is InChI=1S/C15H17Br2N5.ClH/c16-11-8-10-2-1-5-22-12(10)13(15(11,17)9-18)20-14(22)21-6-3-19-4-7-21;/h8,14,19H,1-7H2;1H. The van der Waals surface area contributed by atoms with Crippen LogP contribution >= 0.6 is 44.3 Å². The first-order valence-electron chi connectivity index (χ1n) is 7.66. The Hall–Kier alpha value is -0.390. The monoisotopic (exact) mass is 461 g/mol. The molecule has 0 amide bonds. The summed E-state index contributed by atoms with van der Waals surface area (Å²) < 4.78 is 0.0207. The predicted molar refractivity (Wildman–Crippen MR) is 100 cm³/mol. The van der Waals surface area contributed by atoms with Gasteiger partial charge in [-0.1, -0.05) is 31.9 Å². The maximum atomic E-state index is 9.71. The van der Waals surface area contributed by atoms with E-state index in [-0.39, 0.29) is 18.7 Å². The third-order valence-corrected chi connectivity index (χ3v) is 7.11. The zero-order chi connectivity index (χ0) is 15.3. The lowest BCUT2D eigenvalue weighted by atomic mass is 9.88. The summed E-state index contributed by atoms with van der Waals surface area (Å²) in [6.45, 7) is 5.01. The highest BCUT2D eigenvalue weighted by atomic mass is 79.9. The zero-order valence-corrected chi connectivity index (χ0v) is 16.5. The lowest BCUT2D eigenvalue weighted by Crippen LogP contribution is -2.53. The topological polar surface area (TPSA) is 54.7 Å². The van der Waals surface area contributed by atoms with E-state index in [1.54, 1.807) is 0 Å². The van der Waals surface area contributed by atoms with Gasteiger partial charge in [0.2, 0.25) is 0 Å². The molecule has 0 aromatic carbocycles. The predicted octanol–water partition coefficient (Wildman–Crippen LogP) is 2.35. The highest BCUT2D eigenvalue weighted by Gasteiger charge is 2.50. The Balaban J connectivity index is 0.00000156. The van der Waals surface area contributed by atoms with E-state index in [1.807, 2.05) is 0 Å². The summed E-state index contributed by atoms with van der Waals surface area (Å²) in [5.74, 6) is 0. The number of piperazine rings is 1. The van der Waals surface area contributed by atoms with Crippen molar-refractivity contribution in [1.82, 2.24) is 15.1 Å². The van der Waals surface area contributed by atoms with E-state index >= 15 is 0 Å². The van der Waals surface area contributed by atoms with E-state index in [1.165, 1.54) is 11.3 Å². The summed E-state index contributed by atoms with van der Waals surface area (Å²) in [5.41, 5.74) is 3.36. The number of halogens is 3. The van der Waals surface area contributed by atoms with Crippen molar-refractivity contribution in [3.8, 4) is 6.07 Å². The fourth-order valence-corrected chi connectivity index (χ4v) is 4.63. The Morgan fingerprint density at radius 1 is 1.35 bits per heavy atom. The highest BCUT2D eigenvalue weighted by molar-refractivity contribution is 9.14. The van der Waals surface area contributed by atoms with Crippen LogP contribution in [0.25, 0.3) is 0 Å². The number of rotatable bonds is 1. The number of allylic oxidation sites excluding steroid dienone is 4. The van der Waals surface area contributed by atoms with Crippen LogP contribution in [-0.2, 0) is 0 Å². The molecule has 1 aliphatic carbocycles. The van der Waals surface area contributed by atoms with Gasteiger partial charge in [-0.25, -0.2) is 4.99 Å². The molecule has 0 bridgehead atoms. The van der Waals surface area contributed by atoms with Gasteiger partial charge in [-0.05, 0) is 24.5 Å². The number of nitriles is 1. The van der Waals surface area contributed by atoms with Crippen LogP contribution in [-0.4, -0.2) is 58.8 Å². The summed E-state index contributed by atoms with van der Waals surface area (Å²) in [7, 11) is 0. The van der Waals surface area contributed by atoms with Crippen molar-refractivity contribution in [2.75, 3.05) is 32.7 Å². The minimum absolute atomic E-state index is 0. The van der Waals surface area contributed by atoms with Crippen molar-refractivity contribution in [3.05, 3.63) is 21.8 Å². The van der Waals surface area contributed by atoms with Gasteiger partial charge < -0.3 is 10.2 Å². The maximum Gasteiger partial charge on any atom is 0.186 e. The van der Waals surface area contributed by atoms with E-state index in [9.17, 15) is 5.26 Å². The van der Waals surface area contributed by atoms with Crippen molar-refractivity contribution in [2.45, 2.75) is 23.5 Å². The van der Waals surface area contributed by atoms with E-state index in [0.717, 1.165) is 55.8 Å². The molecule has 0 aromatic rings. The lowest BCUT2D eigenvalue weighted by Gasteiger charge is -2.40. The molecule has 0 spiro atoms. The quantitative estimate of drug-likeness (QED) is 0.607. The van der Waals surface area contributed by atoms with Crippen LogP contribution in [0.15, 0.2) is 26.8 Å². The van der Waals surface area contributed by atoms with Crippen LogP contribution in [0.3, 0.4) is 0 Å². The third kappa shape index (κ3) is 2.59. The molecule has 3 heterocycles. The van der Waals surface area contributed by atoms with Gasteiger partial charge in [0.05, 0.1) is 17.5 Å². The normalized spacial score (nSPS) is 33.4. The summed E-state index contributed by atoms with van der Waals surface area (Å²) in [6.07, 6.45) is 4.35. The molecule has 2 atom stereocenters. The molecule has 8 heteroatoms. The molecule has 0 aromatic heterocycles. The van der Waals surface area contributed by atoms with Crippen molar-refractivity contribution in [3.63, 3.8) is 0 Å². The van der Waals surface area contributed by atoms with Gasteiger partial charge in [-0.15, -0.1) is 12.4 Å². The summed E-state index contributed by atoms with van der Waals surface area (Å²) in [6, 6.07) is 2.39. The minimum Gasteiger partial charge on any atom is -0.335 e. The first-order chi connectivity index (χ1) is 10.6. The largest absolute Gasteiger partial charge is 0.335 e. The molecule has 1 saturated heterocycles. The van der Waals surface area contributed by atoms with E-state index in [4.69, 9.17) is 4.99 Å². The van der Waals surface area contributed by atoms with Gasteiger partial charge in [0, 0.05) is 37.2 Å². The number of nitrogens with zero attached hydrogens (tertiary/aromatic N) is 4. The minimum atomic E-state index is -0.843. The Labute approximate surface area is 159 Å². The summed E-state index contributed by atoms with van der Waals surface area (Å²) in [5, 5.41) is 13.1. The van der Waals surface area contributed by atoms with E-state index < -0.39 is 4.32 Å². The second kappa shape index (κ2) is 6.49. The summed E-state index contributed by atoms with van der Waals surface area (Å²) in [4.78, 5) is 9.80. The molecular formula is C15H18Br2ClN5. The second-order valence-corrected chi connectivity index (χ2v) is 8.09. The Bertz CT molecular complexity index is 647. The molecule has 5 nitrogen and oxygen atoms in total. The number of hydrogen-bond acceptors (Lipinski definition) is 5. The maximum absolute atomic E-state index is 9.71. The van der Waals surface area contributed by atoms with Crippen molar-refractivity contribution >= 4 is 50.0 Å². The van der Waals surface area contributed by atoms with Crippen LogP contribution in [0.4, 0.5) is 0 Å². The second-order valence-electron chi connectivity index (χ2n) is 6.04. The van der Waals surface area contributed by atoms with Crippen molar-refractivity contribution in [1.29, 1.82) is 5.26 Å². The Morgan fingerprint density at radius 3 is 2.78 bits per heavy atom. The molecule has 0 saturated carbocycles. The average Bonchev–Trinajstić information content (AvgIpc) is 2.95. The van der Waals surface area contributed by atoms with E-state index in [0.29, 0.717) is 0 Å². The molecule has 3 aliphatic heterocycles. The smallest absolute Gasteiger partial charge is 0.186 e. The molecule has 4 rings (SSSR count). The molecule has 124 valence electrons. The molecule has 23 heavy (non-hydrogen) atoms. The Morgan fingerprint density at radius 2 is 2.09 bits per heavy atom. The lowest BCUT2D eigenvalue weighted by molar-refractivity contribution is 0.0715. The fraction of sp³-hybridized carbons (Fsp3) is 0.600. The van der Waals surface area contributed by atoms with Gasteiger partial charge in [-0.3, -0.25) is 4.90 Å². The average molecular weight is 464 g/mol. The van der Waals surface area contributed by atoms with Crippen LogP contribution in [0.5, 0.6) is 0 Å². The van der Waals surface area contributed by atoms with Crippen molar-refractivity contribution < 1.29 is 0 Å². The first-order valence-corrected chi connectivity index (χ1v) is 9.25. The molecule has 0 radical (unpaired) electrons. The van der Waals surface area contributed by atoms with Gasteiger partial charge in [0.15, 0.2) is 10.6 Å².